The zero-order valence-corrected chi connectivity index (χ0v) is 11.9. The molecule has 0 spiro atoms. The average Bonchev–Trinajstić information content (AvgIpc) is 2.38. The molecule has 2 rings (SSSR count). The number of aliphatic imine (C=N–C) groups is 1. The fourth-order valence-electron chi connectivity index (χ4n) is 2.04. The molecule has 0 aromatic heterocycles. The first kappa shape index (κ1) is 16.0. The first-order chi connectivity index (χ1) is 9.70. The Hall–Kier alpha value is -1.34. The van der Waals surface area contributed by atoms with E-state index in [4.69, 9.17) is 23.2 Å². The third kappa shape index (κ3) is 3.47. The lowest BCUT2D eigenvalue weighted by Gasteiger charge is -2.24. The van der Waals surface area contributed by atoms with Gasteiger partial charge in [-0.15, -0.1) is 23.2 Å². The molecule has 0 fully saturated rings. The molecular weight excluding hydrogens is 332 g/mol. The number of allylic oxidation sites excluding steroid dienone is 3. The Morgan fingerprint density at radius 1 is 1.38 bits per heavy atom. The molecule has 2 aliphatic rings. The van der Waals surface area contributed by atoms with Crippen LogP contribution in [0.4, 0.5) is 13.2 Å². The highest BCUT2D eigenvalue weighted by Crippen LogP contribution is 2.33. The maximum absolute atomic E-state index is 12.6. The number of hydrogen-bond acceptors (Lipinski definition) is 3. The Morgan fingerprint density at radius 3 is 2.57 bits per heavy atom. The number of halogens is 5. The SMILES string of the molecule is O=[N+]([O-])C1=CC(C2N=CC(C(F)(F)F)=CC2Cl)=CCC1Cl. The molecule has 3 unspecified atom stereocenters. The first-order valence-corrected chi connectivity index (χ1v) is 6.74. The second kappa shape index (κ2) is 5.81. The van der Waals surface area contributed by atoms with Gasteiger partial charge in [0, 0.05) is 12.3 Å². The summed E-state index contributed by atoms with van der Waals surface area (Å²) in [6.45, 7) is 0. The minimum atomic E-state index is -4.52. The van der Waals surface area contributed by atoms with Gasteiger partial charge in [-0.2, -0.15) is 13.2 Å². The minimum absolute atomic E-state index is 0.204. The molecule has 0 aromatic rings. The van der Waals surface area contributed by atoms with E-state index in [1.165, 1.54) is 6.08 Å². The third-order valence-electron chi connectivity index (χ3n) is 3.09. The van der Waals surface area contributed by atoms with E-state index in [2.05, 4.69) is 4.99 Å². The maximum atomic E-state index is 12.6. The number of nitro groups is 1. The van der Waals surface area contributed by atoms with Crippen molar-refractivity contribution in [3.63, 3.8) is 0 Å². The number of alkyl halides is 5. The van der Waals surface area contributed by atoms with Gasteiger partial charge in [0.25, 0.3) is 5.70 Å². The van der Waals surface area contributed by atoms with Gasteiger partial charge < -0.3 is 0 Å². The van der Waals surface area contributed by atoms with Crippen LogP contribution in [0.5, 0.6) is 0 Å². The lowest BCUT2D eigenvalue weighted by Crippen LogP contribution is -2.29. The summed E-state index contributed by atoms with van der Waals surface area (Å²) in [4.78, 5) is 14.0. The van der Waals surface area contributed by atoms with Crippen molar-refractivity contribution in [3.8, 4) is 0 Å². The van der Waals surface area contributed by atoms with Crippen molar-refractivity contribution >= 4 is 29.4 Å². The molecule has 0 amide bonds. The summed E-state index contributed by atoms with van der Waals surface area (Å²) in [6.07, 6.45) is 0.0591. The second-order valence-corrected chi connectivity index (χ2v) is 5.55. The fraction of sp³-hybridized carbons (Fsp3) is 0.417. The van der Waals surface area contributed by atoms with E-state index >= 15 is 0 Å². The van der Waals surface area contributed by atoms with E-state index in [9.17, 15) is 23.3 Å². The second-order valence-electron chi connectivity index (χ2n) is 4.52. The standard InChI is InChI=1S/C12H9Cl2F3N2O2/c13-8-2-1-6(3-10(8)19(20)21)11-9(14)4-7(5-18-11)12(15,16)17/h1,3-5,8-9,11H,2H2. The Labute approximate surface area is 127 Å². The molecular formula is C12H9Cl2F3N2O2. The van der Waals surface area contributed by atoms with Crippen LogP contribution in [0, 0.1) is 10.1 Å². The zero-order valence-electron chi connectivity index (χ0n) is 10.3. The number of dihydropyridines is 1. The van der Waals surface area contributed by atoms with E-state index < -0.39 is 33.5 Å². The van der Waals surface area contributed by atoms with Crippen molar-refractivity contribution in [2.45, 2.75) is 29.4 Å². The van der Waals surface area contributed by atoms with E-state index in [0.717, 1.165) is 6.08 Å². The Kier molecular flexibility index (Phi) is 4.43. The van der Waals surface area contributed by atoms with Crippen LogP contribution in [0.25, 0.3) is 0 Å². The summed E-state index contributed by atoms with van der Waals surface area (Å²) >= 11 is 11.7. The molecule has 9 heteroatoms. The van der Waals surface area contributed by atoms with Gasteiger partial charge in [0.15, 0.2) is 0 Å². The molecule has 0 saturated carbocycles. The van der Waals surface area contributed by atoms with Crippen LogP contribution in [0.3, 0.4) is 0 Å². The Morgan fingerprint density at radius 2 is 2.05 bits per heavy atom. The Bertz CT molecular complexity index is 582. The molecule has 0 bridgehead atoms. The largest absolute Gasteiger partial charge is 0.417 e. The lowest BCUT2D eigenvalue weighted by atomic mass is 9.94. The molecule has 0 aromatic carbocycles. The van der Waals surface area contributed by atoms with Crippen molar-refractivity contribution in [3.05, 3.63) is 45.2 Å². The van der Waals surface area contributed by atoms with Crippen LogP contribution in [0.15, 0.2) is 40.1 Å². The molecule has 114 valence electrons. The van der Waals surface area contributed by atoms with Gasteiger partial charge in [0.1, 0.15) is 5.38 Å². The lowest BCUT2D eigenvalue weighted by molar-refractivity contribution is -0.427. The van der Waals surface area contributed by atoms with Gasteiger partial charge in [-0.3, -0.25) is 15.1 Å². The highest BCUT2D eigenvalue weighted by molar-refractivity contribution is 6.23. The smallest absolute Gasteiger partial charge is 0.283 e. The number of rotatable bonds is 2. The van der Waals surface area contributed by atoms with Crippen molar-refractivity contribution in [2.75, 3.05) is 0 Å². The molecule has 0 N–H and O–H groups in total. The zero-order chi connectivity index (χ0) is 15.8. The molecule has 21 heavy (non-hydrogen) atoms. The summed E-state index contributed by atoms with van der Waals surface area (Å²) in [5.74, 6) is 0. The quantitative estimate of drug-likeness (QED) is 0.437. The summed E-state index contributed by atoms with van der Waals surface area (Å²) in [5.41, 5.74) is -0.741. The monoisotopic (exact) mass is 340 g/mol. The van der Waals surface area contributed by atoms with Crippen LogP contribution in [-0.4, -0.2) is 34.1 Å². The highest BCUT2D eigenvalue weighted by atomic mass is 35.5. The highest BCUT2D eigenvalue weighted by Gasteiger charge is 2.37. The van der Waals surface area contributed by atoms with Crippen LogP contribution < -0.4 is 0 Å². The first-order valence-electron chi connectivity index (χ1n) is 5.86. The van der Waals surface area contributed by atoms with Crippen LogP contribution in [-0.2, 0) is 0 Å². The normalized spacial score (nSPS) is 29.6. The molecule has 0 radical (unpaired) electrons. The van der Waals surface area contributed by atoms with Gasteiger partial charge in [0.2, 0.25) is 0 Å². The molecule has 1 aliphatic carbocycles. The van der Waals surface area contributed by atoms with E-state index in [1.54, 1.807) is 6.08 Å². The third-order valence-corrected chi connectivity index (χ3v) is 3.86. The van der Waals surface area contributed by atoms with Crippen molar-refractivity contribution in [1.29, 1.82) is 0 Å². The van der Waals surface area contributed by atoms with Crippen molar-refractivity contribution in [2.24, 2.45) is 4.99 Å². The number of nitrogens with zero attached hydrogens (tertiary/aromatic N) is 2. The fourth-order valence-corrected chi connectivity index (χ4v) is 2.62. The van der Waals surface area contributed by atoms with Crippen LogP contribution in [0.2, 0.25) is 0 Å². The molecule has 4 nitrogen and oxygen atoms in total. The van der Waals surface area contributed by atoms with E-state index in [1.807, 2.05) is 0 Å². The number of hydrogen-bond donors (Lipinski definition) is 0. The predicted molar refractivity (Wildman–Crippen MR) is 73.5 cm³/mol. The molecule has 3 atom stereocenters. The summed E-state index contributed by atoms with van der Waals surface area (Å²) < 4.78 is 37.7. The summed E-state index contributed by atoms with van der Waals surface area (Å²) in [5, 5.41) is 9.05. The predicted octanol–water partition coefficient (Wildman–Crippen LogP) is 3.63. The summed E-state index contributed by atoms with van der Waals surface area (Å²) in [7, 11) is 0. The topological polar surface area (TPSA) is 55.5 Å². The average molecular weight is 341 g/mol. The van der Waals surface area contributed by atoms with Crippen LogP contribution in [0.1, 0.15) is 6.42 Å². The van der Waals surface area contributed by atoms with Gasteiger partial charge in [-0.1, -0.05) is 12.2 Å². The van der Waals surface area contributed by atoms with Gasteiger partial charge in [-0.05, 0) is 12.0 Å². The van der Waals surface area contributed by atoms with Crippen LogP contribution >= 0.6 is 23.2 Å². The van der Waals surface area contributed by atoms with Gasteiger partial charge in [0.05, 0.1) is 21.9 Å². The molecule has 0 saturated heterocycles. The van der Waals surface area contributed by atoms with Crippen molar-refractivity contribution in [1.82, 2.24) is 0 Å². The summed E-state index contributed by atoms with van der Waals surface area (Å²) in [6, 6.07) is -0.795. The molecule has 1 heterocycles. The molecule has 1 aliphatic heterocycles. The van der Waals surface area contributed by atoms with Crippen molar-refractivity contribution < 1.29 is 18.1 Å². The minimum Gasteiger partial charge on any atom is -0.283 e. The maximum Gasteiger partial charge on any atom is 0.417 e. The van der Waals surface area contributed by atoms with Gasteiger partial charge in [-0.25, -0.2) is 0 Å². The van der Waals surface area contributed by atoms with E-state index in [-0.39, 0.29) is 12.1 Å². The van der Waals surface area contributed by atoms with E-state index in [0.29, 0.717) is 11.8 Å². The Balaban J connectivity index is 2.24. The van der Waals surface area contributed by atoms with Gasteiger partial charge >= 0.3 is 6.18 Å².